The van der Waals surface area contributed by atoms with Crippen LogP contribution in [-0.2, 0) is 9.53 Å². The highest BCUT2D eigenvalue weighted by Gasteiger charge is 2.11. The molecule has 0 aliphatic heterocycles. The van der Waals surface area contributed by atoms with Crippen LogP contribution in [0.4, 0.5) is 0 Å². The summed E-state index contributed by atoms with van der Waals surface area (Å²) in [6.45, 7) is 2.22. The molecule has 0 aliphatic rings. The number of aromatic nitrogens is 4. The summed E-state index contributed by atoms with van der Waals surface area (Å²) in [5.41, 5.74) is 2.00. The lowest BCUT2D eigenvalue weighted by Crippen LogP contribution is -2.32. The predicted octanol–water partition coefficient (Wildman–Crippen LogP) is 1.32. The Morgan fingerprint density at radius 3 is 2.79 bits per heavy atom. The third-order valence-electron chi connectivity index (χ3n) is 3.71. The summed E-state index contributed by atoms with van der Waals surface area (Å²) in [6, 6.07) is 14.2. The topological polar surface area (TPSA) is 108 Å². The maximum absolute atomic E-state index is 12.1. The fourth-order valence-electron chi connectivity index (χ4n) is 2.38. The summed E-state index contributed by atoms with van der Waals surface area (Å²) in [6.07, 6.45) is 1.41. The van der Waals surface area contributed by atoms with Gasteiger partial charge in [0.2, 0.25) is 0 Å². The normalized spacial score (nSPS) is 10.3. The van der Waals surface area contributed by atoms with Gasteiger partial charge in [-0.1, -0.05) is 18.2 Å². The third kappa shape index (κ3) is 5.37. The van der Waals surface area contributed by atoms with E-state index in [1.165, 1.54) is 11.0 Å². The van der Waals surface area contributed by atoms with Gasteiger partial charge in [-0.25, -0.2) is 9.48 Å². The van der Waals surface area contributed by atoms with Crippen molar-refractivity contribution in [3.63, 3.8) is 0 Å². The van der Waals surface area contributed by atoms with E-state index in [4.69, 9.17) is 9.47 Å². The van der Waals surface area contributed by atoms with E-state index in [1.807, 2.05) is 31.2 Å². The van der Waals surface area contributed by atoms with Crippen molar-refractivity contribution in [1.82, 2.24) is 25.5 Å². The minimum atomic E-state index is -0.610. The number of hydrogen-bond donors (Lipinski definition) is 1. The second-order valence-electron chi connectivity index (χ2n) is 5.90. The number of esters is 1. The van der Waals surface area contributed by atoms with Crippen LogP contribution >= 0.6 is 0 Å². The molecular weight excluding hydrogens is 362 g/mol. The van der Waals surface area contributed by atoms with E-state index in [0.29, 0.717) is 24.4 Å². The number of amides is 1. The molecule has 1 N–H and O–H groups in total. The second-order valence-corrected chi connectivity index (χ2v) is 5.90. The molecule has 9 nitrogen and oxygen atoms in total. The first-order chi connectivity index (χ1) is 13.6. The van der Waals surface area contributed by atoms with E-state index in [1.54, 1.807) is 24.3 Å². The number of benzene rings is 2. The first-order valence-electron chi connectivity index (χ1n) is 8.58. The van der Waals surface area contributed by atoms with Gasteiger partial charge < -0.3 is 14.8 Å². The summed E-state index contributed by atoms with van der Waals surface area (Å²) in [7, 11) is 0. The van der Waals surface area contributed by atoms with E-state index < -0.39 is 11.9 Å². The molecule has 0 bridgehead atoms. The van der Waals surface area contributed by atoms with Crippen LogP contribution in [0.3, 0.4) is 0 Å². The lowest BCUT2D eigenvalue weighted by Gasteiger charge is -2.09. The van der Waals surface area contributed by atoms with Crippen molar-refractivity contribution in [2.75, 3.05) is 19.8 Å². The highest BCUT2D eigenvalue weighted by molar-refractivity contribution is 5.91. The molecule has 0 saturated heterocycles. The Bertz CT molecular complexity index is 943. The number of rotatable bonds is 8. The molecule has 1 amide bonds. The number of tetrazole rings is 1. The van der Waals surface area contributed by atoms with Crippen LogP contribution in [0.5, 0.6) is 5.75 Å². The zero-order chi connectivity index (χ0) is 19.8. The van der Waals surface area contributed by atoms with Crippen LogP contribution in [0.15, 0.2) is 54.9 Å². The monoisotopic (exact) mass is 381 g/mol. The van der Waals surface area contributed by atoms with Crippen molar-refractivity contribution in [2.24, 2.45) is 0 Å². The van der Waals surface area contributed by atoms with Gasteiger partial charge in [0.25, 0.3) is 5.91 Å². The number of carbonyl (C=O) groups is 2. The summed E-state index contributed by atoms with van der Waals surface area (Å²) in [5, 5.41) is 13.5. The Labute approximate surface area is 161 Å². The van der Waals surface area contributed by atoms with Crippen LogP contribution in [-0.4, -0.2) is 51.8 Å². The van der Waals surface area contributed by atoms with Gasteiger partial charge in [-0.3, -0.25) is 4.79 Å². The molecule has 1 heterocycles. The fourth-order valence-corrected chi connectivity index (χ4v) is 2.38. The largest absolute Gasteiger partial charge is 0.492 e. The zero-order valence-electron chi connectivity index (χ0n) is 15.2. The smallest absolute Gasteiger partial charge is 0.338 e. The van der Waals surface area contributed by atoms with Gasteiger partial charge in [0.1, 0.15) is 18.7 Å². The van der Waals surface area contributed by atoms with Crippen LogP contribution in [0.2, 0.25) is 0 Å². The Morgan fingerprint density at radius 1 is 1.14 bits per heavy atom. The summed E-state index contributed by atoms with van der Waals surface area (Å²) >= 11 is 0. The minimum Gasteiger partial charge on any atom is -0.492 e. The van der Waals surface area contributed by atoms with Crippen LogP contribution in [0, 0.1) is 6.92 Å². The van der Waals surface area contributed by atoms with Gasteiger partial charge in [-0.05, 0) is 53.2 Å². The number of carbonyl (C=O) groups excluding carboxylic acids is 2. The first-order valence-corrected chi connectivity index (χ1v) is 8.58. The molecule has 0 aliphatic carbocycles. The molecule has 0 saturated carbocycles. The molecule has 144 valence electrons. The van der Waals surface area contributed by atoms with E-state index in [9.17, 15) is 9.59 Å². The molecular formula is C19H19N5O4. The fraction of sp³-hybridized carbons (Fsp3) is 0.211. The van der Waals surface area contributed by atoms with Crippen molar-refractivity contribution in [2.45, 2.75) is 6.92 Å². The Balaban J connectivity index is 1.40. The molecule has 0 atom stereocenters. The van der Waals surface area contributed by atoms with E-state index in [-0.39, 0.29) is 6.61 Å². The number of aryl methyl sites for hydroxylation is 1. The van der Waals surface area contributed by atoms with Crippen LogP contribution in [0.25, 0.3) is 5.69 Å². The SMILES string of the molecule is Cc1cccc(OCCNC(=O)COC(=O)c2cccc(-n3cnnn3)c2)c1. The first kappa shape index (κ1) is 19.0. The maximum Gasteiger partial charge on any atom is 0.338 e. The van der Waals surface area contributed by atoms with E-state index in [0.717, 1.165) is 11.3 Å². The van der Waals surface area contributed by atoms with Crippen molar-refractivity contribution < 1.29 is 19.1 Å². The van der Waals surface area contributed by atoms with Gasteiger partial charge in [0.05, 0.1) is 17.8 Å². The summed E-state index contributed by atoms with van der Waals surface area (Å²) in [5.74, 6) is -0.276. The summed E-state index contributed by atoms with van der Waals surface area (Å²) in [4.78, 5) is 24.0. The van der Waals surface area contributed by atoms with Gasteiger partial charge in [0, 0.05) is 0 Å². The molecule has 3 rings (SSSR count). The van der Waals surface area contributed by atoms with Crippen molar-refractivity contribution in [3.05, 3.63) is 66.0 Å². The van der Waals surface area contributed by atoms with Gasteiger partial charge in [-0.2, -0.15) is 0 Å². The highest BCUT2D eigenvalue weighted by Crippen LogP contribution is 2.12. The number of nitrogens with one attached hydrogen (secondary N) is 1. The van der Waals surface area contributed by atoms with E-state index >= 15 is 0 Å². The molecule has 2 aromatic carbocycles. The molecule has 0 radical (unpaired) electrons. The average Bonchev–Trinajstić information content (AvgIpc) is 3.24. The average molecular weight is 381 g/mol. The molecule has 0 unspecified atom stereocenters. The predicted molar refractivity (Wildman–Crippen MR) is 99.1 cm³/mol. The Kier molecular flexibility index (Phi) is 6.29. The maximum atomic E-state index is 12.1. The third-order valence-corrected chi connectivity index (χ3v) is 3.71. The number of hydrogen-bond acceptors (Lipinski definition) is 7. The minimum absolute atomic E-state index is 0.295. The number of nitrogens with zero attached hydrogens (tertiary/aromatic N) is 4. The Morgan fingerprint density at radius 2 is 2.00 bits per heavy atom. The lowest BCUT2D eigenvalue weighted by atomic mass is 10.2. The Hall–Kier alpha value is -3.75. The van der Waals surface area contributed by atoms with Crippen molar-refractivity contribution in [1.29, 1.82) is 0 Å². The van der Waals surface area contributed by atoms with Crippen LogP contribution in [0.1, 0.15) is 15.9 Å². The van der Waals surface area contributed by atoms with Crippen molar-refractivity contribution >= 4 is 11.9 Å². The van der Waals surface area contributed by atoms with Gasteiger partial charge in [0.15, 0.2) is 6.61 Å². The highest BCUT2D eigenvalue weighted by atomic mass is 16.5. The van der Waals surface area contributed by atoms with Gasteiger partial charge in [-0.15, -0.1) is 5.10 Å². The quantitative estimate of drug-likeness (QED) is 0.463. The second kappa shape index (κ2) is 9.26. The van der Waals surface area contributed by atoms with E-state index in [2.05, 4.69) is 20.8 Å². The molecule has 9 heteroatoms. The molecule has 28 heavy (non-hydrogen) atoms. The zero-order valence-corrected chi connectivity index (χ0v) is 15.2. The molecule has 0 spiro atoms. The molecule has 3 aromatic rings. The van der Waals surface area contributed by atoms with Crippen molar-refractivity contribution in [3.8, 4) is 11.4 Å². The van der Waals surface area contributed by atoms with Crippen LogP contribution < -0.4 is 10.1 Å². The lowest BCUT2D eigenvalue weighted by molar-refractivity contribution is -0.124. The van der Waals surface area contributed by atoms with Gasteiger partial charge >= 0.3 is 5.97 Å². The summed E-state index contributed by atoms with van der Waals surface area (Å²) < 4.78 is 12.0. The number of ether oxygens (including phenoxy) is 2. The standard InChI is InChI=1S/C19H19N5O4/c1-14-4-2-7-17(10-14)27-9-8-20-18(25)12-28-19(26)15-5-3-6-16(11-15)24-13-21-22-23-24/h2-7,10-11,13H,8-9,12H2,1H3,(H,20,25). The molecule has 0 fully saturated rings. The molecule has 1 aromatic heterocycles.